The van der Waals surface area contributed by atoms with E-state index in [0.717, 1.165) is 29.9 Å². The average molecular weight is 412 g/mol. The van der Waals surface area contributed by atoms with E-state index < -0.39 is 0 Å². The maximum atomic E-state index is 12.6. The number of rotatable bonds is 7. The third kappa shape index (κ3) is 3.76. The van der Waals surface area contributed by atoms with Crippen LogP contribution in [0.4, 0.5) is 0 Å². The van der Waals surface area contributed by atoms with Gasteiger partial charge in [-0.25, -0.2) is 9.67 Å². The Bertz CT molecular complexity index is 1280. The first-order valence-corrected chi connectivity index (χ1v) is 11.1. The number of imidazole rings is 1. The van der Waals surface area contributed by atoms with Crippen LogP contribution < -0.4 is 0 Å². The number of aryl methyl sites for hydroxylation is 3. The van der Waals surface area contributed by atoms with E-state index in [1.165, 1.54) is 36.0 Å². The van der Waals surface area contributed by atoms with Crippen molar-refractivity contribution in [3.63, 3.8) is 0 Å². The highest BCUT2D eigenvalue weighted by Crippen LogP contribution is 2.39. The Morgan fingerprint density at radius 3 is 2.87 bits per heavy atom. The number of fused-ring (bicyclic) bond motifs is 2. The van der Waals surface area contributed by atoms with Crippen LogP contribution in [0.25, 0.3) is 5.65 Å². The minimum atomic E-state index is -0.00220. The molecule has 0 amide bonds. The Morgan fingerprint density at radius 2 is 1.97 bits per heavy atom. The smallest absolute Gasteiger partial charge is 0.185 e. The van der Waals surface area contributed by atoms with Crippen LogP contribution in [0.1, 0.15) is 70.2 Å². The molecule has 4 heterocycles. The number of Topliss-reactive ketones (excluding diaryl/α,β-unsaturated/α-hetero) is 1. The predicted molar refractivity (Wildman–Crippen MR) is 115 cm³/mol. The minimum Gasteiger partial charge on any atom is -0.306 e. The molecule has 7 heteroatoms. The van der Waals surface area contributed by atoms with E-state index in [9.17, 15) is 4.79 Å². The molecule has 0 radical (unpaired) electrons. The highest BCUT2D eigenvalue weighted by Gasteiger charge is 2.23. The van der Waals surface area contributed by atoms with Gasteiger partial charge in [-0.3, -0.25) is 9.78 Å². The normalized spacial score (nSPS) is 15.5. The zero-order chi connectivity index (χ0) is 20.8. The fourth-order valence-electron chi connectivity index (χ4n) is 4.47. The summed E-state index contributed by atoms with van der Waals surface area (Å²) in [6, 6.07) is 6.40. The van der Waals surface area contributed by atoms with Crippen LogP contribution in [-0.4, -0.2) is 35.1 Å². The van der Waals surface area contributed by atoms with Gasteiger partial charge in [-0.2, -0.15) is 0 Å². The zero-order valence-electron chi connectivity index (χ0n) is 17.4. The van der Waals surface area contributed by atoms with Gasteiger partial charge in [0.05, 0.1) is 18.4 Å². The van der Waals surface area contributed by atoms with Gasteiger partial charge in [0.25, 0.3) is 0 Å². The molecule has 1 fully saturated rings. The van der Waals surface area contributed by atoms with Crippen molar-refractivity contribution < 1.29 is 4.79 Å². The number of nitrogens with zero attached hydrogens (tertiary/aromatic N) is 6. The molecule has 0 aliphatic heterocycles. The molecule has 0 unspecified atom stereocenters. The highest BCUT2D eigenvalue weighted by atomic mass is 16.1. The molecule has 0 saturated heterocycles. The number of hydrogen-bond donors (Lipinski definition) is 0. The van der Waals surface area contributed by atoms with Gasteiger partial charge >= 0.3 is 0 Å². The second kappa shape index (κ2) is 7.41. The summed E-state index contributed by atoms with van der Waals surface area (Å²) in [5, 5.41) is 8.23. The number of carbonyl (C=O) groups is 1. The quantitative estimate of drug-likeness (QED) is 0.434. The molecule has 4 aromatic rings. The second-order valence-electron chi connectivity index (χ2n) is 8.76. The first-order valence-electron chi connectivity index (χ1n) is 11.1. The van der Waals surface area contributed by atoms with E-state index in [1.807, 2.05) is 12.4 Å². The maximum absolute atomic E-state index is 12.6. The third-order valence-corrected chi connectivity index (χ3v) is 6.36. The molecular weight excluding hydrogens is 388 g/mol. The fourth-order valence-corrected chi connectivity index (χ4v) is 4.47. The van der Waals surface area contributed by atoms with Crippen molar-refractivity contribution in [2.75, 3.05) is 0 Å². The molecule has 0 spiro atoms. The van der Waals surface area contributed by atoms with Crippen LogP contribution in [0.15, 0.2) is 43.0 Å². The van der Waals surface area contributed by atoms with Crippen molar-refractivity contribution in [3.05, 3.63) is 76.8 Å². The number of aromatic nitrogens is 6. The largest absolute Gasteiger partial charge is 0.306 e. The van der Waals surface area contributed by atoms with Gasteiger partial charge in [0, 0.05) is 30.7 Å². The molecule has 0 atom stereocenters. The third-order valence-electron chi connectivity index (χ3n) is 6.36. The van der Waals surface area contributed by atoms with Gasteiger partial charge in [-0.15, -0.1) is 5.10 Å². The summed E-state index contributed by atoms with van der Waals surface area (Å²) in [4.78, 5) is 21.8. The molecule has 6 rings (SSSR count). The molecule has 2 aliphatic rings. The Hall–Kier alpha value is -3.35. The molecule has 0 bridgehead atoms. The van der Waals surface area contributed by atoms with E-state index in [4.69, 9.17) is 0 Å². The van der Waals surface area contributed by atoms with Crippen molar-refractivity contribution in [2.24, 2.45) is 0 Å². The van der Waals surface area contributed by atoms with E-state index in [0.29, 0.717) is 31.0 Å². The van der Waals surface area contributed by atoms with Crippen LogP contribution in [0.3, 0.4) is 0 Å². The van der Waals surface area contributed by atoms with E-state index in [2.05, 4.69) is 49.1 Å². The van der Waals surface area contributed by atoms with Gasteiger partial charge in [-0.1, -0.05) is 11.3 Å². The summed E-state index contributed by atoms with van der Waals surface area (Å²) in [6.45, 7) is 0.493. The van der Waals surface area contributed by atoms with Gasteiger partial charge in [-0.05, 0) is 73.3 Å². The molecule has 1 saturated carbocycles. The maximum Gasteiger partial charge on any atom is 0.185 e. The minimum absolute atomic E-state index is 0.00220. The highest BCUT2D eigenvalue weighted by molar-refractivity contribution is 5.93. The molecule has 156 valence electrons. The van der Waals surface area contributed by atoms with Gasteiger partial charge in [0.2, 0.25) is 0 Å². The van der Waals surface area contributed by atoms with Crippen LogP contribution in [0.5, 0.6) is 0 Å². The van der Waals surface area contributed by atoms with Crippen LogP contribution in [0.2, 0.25) is 0 Å². The van der Waals surface area contributed by atoms with Crippen molar-refractivity contribution in [3.8, 4) is 0 Å². The SMILES string of the molecule is O=C(CCc1cc2c(cn1)CCC2)c1cn(Cc2cn3cc(C4CC4)ccc3n2)nn1. The van der Waals surface area contributed by atoms with Gasteiger partial charge in [0.15, 0.2) is 5.78 Å². The van der Waals surface area contributed by atoms with Crippen LogP contribution >= 0.6 is 0 Å². The van der Waals surface area contributed by atoms with E-state index in [1.54, 1.807) is 10.9 Å². The summed E-state index contributed by atoms with van der Waals surface area (Å²) in [6.07, 6.45) is 14.9. The predicted octanol–water partition coefficient (Wildman–Crippen LogP) is 3.55. The van der Waals surface area contributed by atoms with Crippen molar-refractivity contribution in [2.45, 2.75) is 57.4 Å². The number of pyridine rings is 2. The topological polar surface area (TPSA) is 78.0 Å². The summed E-state index contributed by atoms with van der Waals surface area (Å²) in [7, 11) is 0. The van der Waals surface area contributed by atoms with Crippen molar-refractivity contribution in [1.82, 2.24) is 29.4 Å². The van der Waals surface area contributed by atoms with Crippen molar-refractivity contribution >= 4 is 11.4 Å². The van der Waals surface area contributed by atoms with Crippen molar-refractivity contribution in [1.29, 1.82) is 0 Å². The number of ketones is 1. The Balaban J connectivity index is 1.11. The lowest BCUT2D eigenvalue weighted by Crippen LogP contribution is -2.04. The fraction of sp³-hybridized carbons (Fsp3) is 0.375. The van der Waals surface area contributed by atoms with Gasteiger partial charge < -0.3 is 4.40 Å². The van der Waals surface area contributed by atoms with Crippen LogP contribution in [-0.2, 0) is 25.8 Å². The molecule has 0 aromatic carbocycles. The second-order valence-corrected chi connectivity index (χ2v) is 8.76. The molecule has 31 heavy (non-hydrogen) atoms. The average Bonchev–Trinajstić information content (AvgIpc) is 3.17. The first-order chi connectivity index (χ1) is 15.2. The van der Waals surface area contributed by atoms with E-state index >= 15 is 0 Å². The lowest BCUT2D eigenvalue weighted by Gasteiger charge is -2.03. The summed E-state index contributed by atoms with van der Waals surface area (Å²) in [5.74, 6) is 0.712. The van der Waals surface area contributed by atoms with Crippen LogP contribution in [0, 0.1) is 0 Å². The molecule has 4 aromatic heterocycles. The standard InChI is InChI=1S/C24H24N6O/c31-23(8-7-20-10-17-2-1-3-18(17)11-25-20)22-15-30(28-27-22)14-21-13-29-12-19(16-4-5-16)6-9-24(29)26-21/h6,9-13,15-16H,1-5,7-8,14H2. The summed E-state index contributed by atoms with van der Waals surface area (Å²) < 4.78 is 3.76. The first kappa shape index (κ1) is 18.4. The number of carbonyl (C=O) groups excluding carboxylic acids is 1. The van der Waals surface area contributed by atoms with Gasteiger partial charge in [0.1, 0.15) is 11.3 Å². The molecule has 0 N–H and O–H groups in total. The Labute approximate surface area is 180 Å². The zero-order valence-corrected chi connectivity index (χ0v) is 17.4. The summed E-state index contributed by atoms with van der Waals surface area (Å²) in [5.41, 5.74) is 7.34. The summed E-state index contributed by atoms with van der Waals surface area (Å²) >= 11 is 0. The molecule has 2 aliphatic carbocycles. The Kier molecular flexibility index (Phi) is 4.40. The molecule has 7 nitrogen and oxygen atoms in total. The lowest BCUT2D eigenvalue weighted by atomic mass is 10.1. The molecular formula is C24H24N6O. The number of hydrogen-bond acceptors (Lipinski definition) is 5. The van der Waals surface area contributed by atoms with E-state index in [-0.39, 0.29) is 5.78 Å². The lowest BCUT2D eigenvalue weighted by molar-refractivity contribution is 0.0977. The Morgan fingerprint density at radius 1 is 1.06 bits per heavy atom. The monoisotopic (exact) mass is 412 g/mol.